The summed E-state index contributed by atoms with van der Waals surface area (Å²) >= 11 is 0. The Morgan fingerprint density at radius 2 is 2.20 bits per heavy atom. The van der Waals surface area contributed by atoms with E-state index in [1.165, 1.54) is 0 Å². The molecule has 5 nitrogen and oxygen atoms in total. The van der Waals surface area contributed by atoms with Crippen LogP contribution in [0.25, 0.3) is 0 Å². The summed E-state index contributed by atoms with van der Waals surface area (Å²) in [7, 11) is 0. The molecule has 108 valence electrons. The molecule has 5 heteroatoms. The topological polar surface area (TPSA) is 67.4 Å². The molecule has 0 bridgehead atoms. The molecule has 1 atom stereocenters. The first-order valence-electron chi connectivity index (χ1n) is 6.98. The van der Waals surface area contributed by atoms with Crippen molar-refractivity contribution in [3.05, 3.63) is 29.8 Å². The van der Waals surface area contributed by atoms with Crippen molar-refractivity contribution >= 4 is 17.6 Å². The zero-order chi connectivity index (χ0) is 14.4. The van der Waals surface area contributed by atoms with Crippen molar-refractivity contribution in [2.45, 2.75) is 25.7 Å². The predicted molar refractivity (Wildman–Crippen MR) is 76.5 cm³/mol. The van der Waals surface area contributed by atoms with Gasteiger partial charge in [-0.3, -0.25) is 9.59 Å². The molecular formula is C15H20N2O3. The molecule has 1 amide bonds. The Bertz CT molecular complexity index is 488. The maximum Gasteiger partial charge on any atom is 0.305 e. The van der Waals surface area contributed by atoms with Gasteiger partial charge in [0.05, 0.1) is 12.5 Å². The van der Waals surface area contributed by atoms with Gasteiger partial charge in [0.2, 0.25) is 5.91 Å². The fourth-order valence-electron chi connectivity index (χ4n) is 2.32. The lowest BCUT2D eigenvalue weighted by atomic mass is 10.0. The Hall–Kier alpha value is -2.04. The monoisotopic (exact) mass is 276 g/mol. The van der Waals surface area contributed by atoms with E-state index >= 15 is 0 Å². The number of nitrogens with one attached hydrogen (secondary N) is 2. The van der Waals surface area contributed by atoms with E-state index in [2.05, 4.69) is 10.6 Å². The van der Waals surface area contributed by atoms with Crippen molar-refractivity contribution in [1.29, 1.82) is 0 Å². The second-order valence-electron chi connectivity index (χ2n) is 4.72. The van der Waals surface area contributed by atoms with Gasteiger partial charge in [0.1, 0.15) is 0 Å². The first-order chi connectivity index (χ1) is 9.72. The third-order valence-corrected chi connectivity index (χ3v) is 3.31. The lowest BCUT2D eigenvalue weighted by Gasteiger charge is -2.11. The second kappa shape index (κ2) is 6.93. The summed E-state index contributed by atoms with van der Waals surface area (Å²) in [6.07, 6.45) is 0.944. The third-order valence-electron chi connectivity index (χ3n) is 3.31. The van der Waals surface area contributed by atoms with Gasteiger partial charge >= 0.3 is 5.97 Å². The number of carbonyl (C=O) groups excluding carboxylic acids is 2. The van der Waals surface area contributed by atoms with Crippen LogP contribution in [0.2, 0.25) is 0 Å². The van der Waals surface area contributed by atoms with Crippen LogP contribution in [0.4, 0.5) is 5.69 Å². The van der Waals surface area contributed by atoms with Crippen LogP contribution in [0.1, 0.15) is 31.2 Å². The molecule has 0 fully saturated rings. The molecule has 1 aromatic rings. The van der Waals surface area contributed by atoms with Crippen LogP contribution in [0.5, 0.6) is 0 Å². The summed E-state index contributed by atoms with van der Waals surface area (Å²) in [4.78, 5) is 23.3. The van der Waals surface area contributed by atoms with E-state index in [-0.39, 0.29) is 17.8 Å². The Labute approximate surface area is 118 Å². The van der Waals surface area contributed by atoms with E-state index in [9.17, 15) is 9.59 Å². The van der Waals surface area contributed by atoms with E-state index in [4.69, 9.17) is 4.74 Å². The van der Waals surface area contributed by atoms with Crippen molar-refractivity contribution < 1.29 is 14.3 Å². The number of hydrogen-bond donors (Lipinski definition) is 2. The van der Waals surface area contributed by atoms with E-state index < -0.39 is 0 Å². The molecule has 0 spiro atoms. The molecule has 1 aliphatic rings. The number of anilines is 1. The number of rotatable bonds is 6. The van der Waals surface area contributed by atoms with Crippen LogP contribution in [0, 0.1) is 0 Å². The fraction of sp³-hybridized carbons (Fsp3) is 0.467. The number of benzene rings is 1. The minimum absolute atomic E-state index is 0.00584. The Morgan fingerprint density at radius 3 is 3.00 bits per heavy atom. The molecule has 1 aromatic carbocycles. The maximum atomic E-state index is 12.1. The van der Waals surface area contributed by atoms with E-state index in [1.54, 1.807) is 6.92 Å². The van der Waals surface area contributed by atoms with Crippen molar-refractivity contribution in [3.8, 4) is 0 Å². The van der Waals surface area contributed by atoms with E-state index in [1.807, 2.05) is 24.3 Å². The number of esters is 1. The minimum atomic E-state index is -0.213. The summed E-state index contributed by atoms with van der Waals surface area (Å²) in [6, 6.07) is 7.83. The summed E-state index contributed by atoms with van der Waals surface area (Å²) in [6.45, 7) is 3.30. The molecule has 20 heavy (non-hydrogen) atoms. The molecule has 0 saturated carbocycles. The van der Waals surface area contributed by atoms with E-state index in [0.717, 1.165) is 11.3 Å². The number of hydrogen-bond acceptors (Lipinski definition) is 4. The largest absolute Gasteiger partial charge is 0.466 e. The van der Waals surface area contributed by atoms with Crippen molar-refractivity contribution in [3.63, 3.8) is 0 Å². The number of para-hydroxylation sites is 1. The first kappa shape index (κ1) is 14.4. The molecule has 0 saturated heterocycles. The van der Waals surface area contributed by atoms with E-state index in [0.29, 0.717) is 32.5 Å². The molecule has 2 N–H and O–H groups in total. The standard InChI is InChI=1S/C15H20N2O3/c1-2-20-14(18)8-5-9-16-15(19)12-10-17-13-7-4-3-6-11(12)13/h3-4,6-7,12,17H,2,5,8-10H2,1H3,(H,16,19). The van der Waals surface area contributed by atoms with Crippen molar-refractivity contribution in [2.24, 2.45) is 0 Å². The highest BCUT2D eigenvalue weighted by atomic mass is 16.5. The average Bonchev–Trinajstić information content (AvgIpc) is 2.87. The number of fused-ring (bicyclic) bond motifs is 1. The minimum Gasteiger partial charge on any atom is -0.466 e. The van der Waals surface area contributed by atoms with Gasteiger partial charge in [-0.1, -0.05) is 18.2 Å². The van der Waals surface area contributed by atoms with Crippen LogP contribution in [-0.2, 0) is 14.3 Å². The number of carbonyl (C=O) groups is 2. The summed E-state index contributed by atoms with van der Waals surface area (Å²) < 4.78 is 4.83. The van der Waals surface area contributed by atoms with Crippen LogP contribution in [-0.4, -0.2) is 31.6 Å². The van der Waals surface area contributed by atoms with Gasteiger partial charge in [0, 0.05) is 25.2 Å². The van der Waals surface area contributed by atoms with Gasteiger partial charge in [-0.25, -0.2) is 0 Å². The molecule has 1 unspecified atom stereocenters. The van der Waals surface area contributed by atoms with Gasteiger partial charge in [-0.2, -0.15) is 0 Å². The highest BCUT2D eigenvalue weighted by Crippen LogP contribution is 2.30. The highest BCUT2D eigenvalue weighted by Gasteiger charge is 2.27. The molecule has 1 heterocycles. The predicted octanol–water partition coefficient (Wildman–Crippen LogP) is 1.66. The lowest BCUT2D eigenvalue weighted by molar-refractivity contribution is -0.143. The smallest absolute Gasteiger partial charge is 0.305 e. The normalized spacial score (nSPS) is 16.1. The van der Waals surface area contributed by atoms with Gasteiger partial charge in [0.15, 0.2) is 0 Å². The van der Waals surface area contributed by atoms with Crippen molar-refractivity contribution in [2.75, 3.05) is 25.0 Å². The van der Waals surface area contributed by atoms with Crippen LogP contribution in [0.15, 0.2) is 24.3 Å². The van der Waals surface area contributed by atoms with Gasteiger partial charge < -0.3 is 15.4 Å². The molecule has 2 rings (SSSR count). The van der Waals surface area contributed by atoms with Gasteiger partial charge in [-0.15, -0.1) is 0 Å². The molecule has 0 aromatic heterocycles. The summed E-state index contributed by atoms with van der Waals surface area (Å²) in [5.74, 6) is -0.352. The maximum absolute atomic E-state index is 12.1. The lowest BCUT2D eigenvalue weighted by Crippen LogP contribution is -2.31. The summed E-state index contributed by atoms with van der Waals surface area (Å²) in [5.41, 5.74) is 2.06. The zero-order valence-corrected chi connectivity index (χ0v) is 11.6. The Morgan fingerprint density at radius 1 is 1.40 bits per heavy atom. The second-order valence-corrected chi connectivity index (χ2v) is 4.72. The summed E-state index contributed by atoms with van der Waals surface area (Å²) in [5, 5.41) is 6.10. The Kier molecular flexibility index (Phi) is 4.98. The SMILES string of the molecule is CCOC(=O)CCCNC(=O)C1CNc2ccccc21. The molecule has 1 aliphatic heterocycles. The van der Waals surface area contributed by atoms with Crippen LogP contribution in [0.3, 0.4) is 0 Å². The Balaban J connectivity index is 1.75. The van der Waals surface area contributed by atoms with Gasteiger partial charge in [0.25, 0.3) is 0 Å². The average molecular weight is 276 g/mol. The van der Waals surface area contributed by atoms with Crippen LogP contribution < -0.4 is 10.6 Å². The fourth-order valence-corrected chi connectivity index (χ4v) is 2.32. The number of amides is 1. The zero-order valence-electron chi connectivity index (χ0n) is 11.6. The van der Waals surface area contributed by atoms with Crippen molar-refractivity contribution in [1.82, 2.24) is 5.32 Å². The molecular weight excluding hydrogens is 256 g/mol. The molecule has 0 aliphatic carbocycles. The third kappa shape index (κ3) is 3.50. The first-order valence-corrected chi connectivity index (χ1v) is 6.98. The number of ether oxygens (including phenoxy) is 1. The van der Waals surface area contributed by atoms with Crippen LogP contribution >= 0.6 is 0 Å². The van der Waals surface area contributed by atoms with Gasteiger partial charge in [-0.05, 0) is 25.0 Å². The highest BCUT2D eigenvalue weighted by molar-refractivity contribution is 5.88. The quantitative estimate of drug-likeness (QED) is 0.612. The molecule has 0 radical (unpaired) electrons.